The largest absolute Gasteiger partial charge is 0.493 e. The minimum Gasteiger partial charge on any atom is -0.493 e. The van der Waals surface area contributed by atoms with Gasteiger partial charge in [-0.3, -0.25) is 4.79 Å². The Morgan fingerprint density at radius 2 is 1.90 bits per heavy atom. The van der Waals surface area contributed by atoms with Gasteiger partial charge in [0.15, 0.2) is 11.5 Å². The number of ether oxygens (including phenoxy) is 3. The van der Waals surface area contributed by atoms with Crippen molar-refractivity contribution in [3.05, 3.63) is 16.7 Å². The number of methoxy groups -OCH3 is 3. The van der Waals surface area contributed by atoms with Crippen molar-refractivity contribution in [2.45, 2.75) is 18.9 Å². The highest BCUT2D eigenvalue weighted by atomic mass is 35.5. The SMILES string of the molecule is COc1cc(Cl)c(C(N)CCC(=O)O)c(OC)c1OC. The van der Waals surface area contributed by atoms with Crippen molar-refractivity contribution in [2.24, 2.45) is 5.73 Å². The van der Waals surface area contributed by atoms with Crippen molar-refractivity contribution in [3.63, 3.8) is 0 Å². The molecule has 1 unspecified atom stereocenters. The second-order valence-electron chi connectivity index (χ2n) is 4.08. The zero-order chi connectivity index (χ0) is 15.3. The molecule has 0 amide bonds. The van der Waals surface area contributed by atoms with Crippen LogP contribution >= 0.6 is 11.6 Å². The first-order valence-electron chi connectivity index (χ1n) is 5.91. The second kappa shape index (κ2) is 7.21. The lowest BCUT2D eigenvalue weighted by Crippen LogP contribution is -2.14. The number of benzene rings is 1. The summed E-state index contributed by atoms with van der Waals surface area (Å²) in [6.07, 6.45) is 0.176. The Bertz CT molecular complexity index is 492. The van der Waals surface area contributed by atoms with Crippen molar-refractivity contribution in [2.75, 3.05) is 21.3 Å². The van der Waals surface area contributed by atoms with E-state index in [-0.39, 0.29) is 12.8 Å². The Labute approximate surface area is 122 Å². The van der Waals surface area contributed by atoms with Crippen LogP contribution in [0.1, 0.15) is 24.4 Å². The third kappa shape index (κ3) is 3.46. The Kier molecular flexibility index (Phi) is 5.91. The topological polar surface area (TPSA) is 91.0 Å². The molecule has 0 fully saturated rings. The average molecular weight is 304 g/mol. The van der Waals surface area contributed by atoms with E-state index in [0.29, 0.717) is 27.8 Å². The number of hydrogen-bond donors (Lipinski definition) is 2. The molecule has 112 valence electrons. The van der Waals surface area contributed by atoms with Gasteiger partial charge in [0, 0.05) is 24.1 Å². The van der Waals surface area contributed by atoms with Crippen LogP contribution < -0.4 is 19.9 Å². The van der Waals surface area contributed by atoms with Gasteiger partial charge in [-0.1, -0.05) is 11.6 Å². The summed E-state index contributed by atoms with van der Waals surface area (Å²) >= 11 is 6.19. The summed E-state index contributed by atoms with van der Waals surface area (Å²) in [7, 11) is 4.42. The summed E-state index contributed by atoms with van der Waals surface area (Å²) in [6.45, 7) is 0. The van der Waals surface area contributed by atoms with Crippen LogP contribution in [0, 0.1) is 0 Å². The van der Waals surface area contributed by atoms with E-state index in [2.05, 4.69) is 0 Å². The Morgan fingerprint density at radius 1 is 1.30 bits per heavy atom. The molecule has 0 heterocycles. The molecule has 6 nitrogen and oxygen atoms in total. The molecule has 0 aliphatic heterocycles. The van der Waals surface area contributed by atoms with Gasteiger partial charge in [0.2, 0.25) is 5.75 Å². The van der Waals surface area contributed by atoms with Crippen LogP contribution in [0.2, 0.25) is 5.02 Å². The van der Waals surface area contributed by atoms with Crippen LogP contribution in [0.3, 0.4) is 0 Å². The number of carboxylic acid groups (broad SMARTS) is 1. The number of hydrogen-bond acceptors (Lipinski definition) is 5. The number of aliphatic carboxylic acids is 1. The molecule has 0 radical (unpaired) electrons. The average Bonchev–Trinajstić information content (AvgIpc) is 2.42. The first-order chi connectivity index (χ1) is 9.46. The minimum atomic E-state index is -0.920. The van der Waals surface area contributed by atoms with Gasteiger partial charge in [-0.15, -0.1) is 0 Å². The predicted molar refractivity (Wildman–Crippen MR) is 74.9 cm³/mol. The first-order valence-corrected chi connectivity index (χ1v) is 6.29. The third-order valence-corrected chi connectivity index (χ3v) is 3.17. The van der Waals surface area contributed by atoms with E-state index in [4.69, 9.17) is 36.7 Å². The number of nitrogens with two attached hydrogens (primary N) is 1. The summed E-state index contributed by atoms with van der Waals surface area (Å²) in [6, 6.07) is 0.993. The third-order valence-electron chi connectivity index (χ3n) is 2.86. The fraction of sp³-hybridized carbons (Fsp3) is 0.462. The maximum atomic E-state index is 10.6. The maximum Gasteiger partial charge on any atom is 0.303 e. The van der Waals surface area contributed by atoms with Crippen molar-refractivity contribution in [1.29, 1.82) is 0 Å². The van der Waals surface area contributed by atoms with Crippen molar-refractivity contribution in [1.82, 2.24) is 0 Å². The molecule has 1 aromatic rings. The lowest BCUT2D eigenvalue weighted by Gasteiger charge is -2.20. The van der Waals surface area contributed by atoms with Gasteiger partial charge in [-0.25, -0.2) is 0 Å². The molecule has 0 aliphatic carbocycles. The fourth-order valence-corrected chi connectivity index (χ4v) is 2.24. The molecule has 0 bridgehead atoms. The molecule has 1 aromatic carbocycles. The first kappa shape index (κ1) is 16.4. The van der Waals surface area contributed by atoms with E-state index >= 15 is 0 Å². The van der Waals surface area contributed by atoms with Crippen LogP contribution in [0.15, 0.2) is 6.07 Å². The van der Waals surface area contributed by atoms with E-state index in [9.17, 15) is 4.79 Å². The van der Waals surface area contributed by atoms with E-state index in [1.807, 2.05) is 0 Å². The van der Waals surface area contributed by atoms with Crippen LogP contribution in [0.5, 0.6) is 17.2 Å². The van der Waals surface area contributed by atoms with Gasteiger partial charge in [-0.05, 0) is 6.42 Å². The summed E-state index contributed by atoms with van der Waals surface area (Å²) in [5, 5.41) is 9.07. The summed E-state index contributed by atoms with van der Waals surface area (Å²) < 4.78 is 15.7. The Morgan fingerprint density at radius 3 is 2.35 bits per heavy atom. The van der Waals surface area contributed by atoms with Crippen molar-refractivity contribution >= 4 is 17.6 Å². The zero-order valence-corrected chi connectivity index (χ0v) is 12.4. The van der Waals surface area contributed by atoms with Gasteiger partial charge in [-0.2, -0.15) is 0 Å². The monoisotopic (exact) mass is 303 g/mol. The minimum absolute atomic E-state index is 0.0605. The highest BCUT2D eigenvalue weighted by Crippen LogP contribution is 2.46. The van der Waals surface area contributed by atoms with E-state index < -0.39 is 12.0 Å². The Hall–Kier alpha value is -1.66. The normalized spacial score (nSPS) is 11.8. The summed E-state index contributed by atoms with van der Waals surface area (Å²) in [4.78, 5) is 10.6. The van der Waals surface area contributed by atoms with Gasteiger partial charge in [0.1, 0.15) is 0 Å². The van der Waals surface area contributed by atoms with Crippen molar-refractivity contribution in [3.8, 4) is 17.2 Å². The summed E-state index contributed by atoms with van der Waals surface area (Å²) in [5.74, 6) is 0.231. The number of halogens is 1. The second-order valence-corrected chi connectivity index (χ2v) is 4.49. The molecular formula is C13H18ClNO5. The van der Waals surface area contributed by atoms with Crippen LogP contribution in [0.25, 0.3) is 0 Å². The number of rotatable bonds is 7. The predicted octanol–water partition coefficient (Wildman–Crippen LogP) is 2.23. The lowest BCUT2D eigenvalue weighted by molar-refractivity contribution is -0.137. The highest BCUT2D eigenvalue weighted by molar-refractivity contribution is 6.32. The van der Waals surface area contributed by atoms with Crippen molar-refractivity contribution < 1.29 is 24.1 Å². The molecule has 0 saturated carbocycles. The molecule has 3 N–H and O–H groups in total. The van der Waals surface area contributed by atoms with Crippen LogP contribution in [0.4, 0.5) is 0 Å². The molecule has 20 heavy (non-hydrogen) atoms. The summed E-state index contributed by atoms with van der Waals surface area (Å²) in [5.41, 5.74) is 6.52. The zero-order valence-electron chi connectivity index (χ0n) is 11.6. The molecule has 1 rings (SSSR count). The highest BCUT2D eigenvalue weighted by Gasteiger charge is 2.24. The maximum absolute atomic E-state index is 10.6. The molecular weight excluding hydrogens is 286 g/mol. The standard InChI is InChI=1S/C13H18ClNO5/c1-18-9-6-7(14)11(8(15)4-5-10(16)17)13(20-3)12(9)19-2/h6,8H,4-5,15H2,1-3H3,(H,16,17). The van der Waals surface area contributed by atoms with E-state index in [0.717, 1.165) is 0 Å². The van der Waals surface area contributed by atoms with E-state index in [1.165, 1.54) is 21.3 Å². The molecule has 0 spiro atoms. The van der Waals surface area contributed by atoms with E-state index in [1.54, 1.807) is 6.07 Å². The molecule has 0 aliphatic rings. The molecule has 7 heteroatoms. The van der Waals surface area contributed by atoms with Crippen LogP contribution in [-0.4, -0.2) is 32.4 Å². The Balaban J connectivity index is 3.27. The molecule has 0 aromatic heterocycles. The lowest BCUT2D eigenvalue weighted by atomic mass is 10.0. The molecule has 1 atom stereocenters. The number of carbonyl (C=O) groups is 1. The van der Waals surface area contributed by atoms with Crippen LogP contribution in [-0.2, 0) is 4.79 Å². The van der Waals surface area contributed by atoms with Gasteiger partial charge < -0.3 is 25.1 Å². The van der Waals surface area contributed by atoms with Gasteiger partial charge in [0.25, 0.3) is 0 Å². The van der Waals surface area contributed by atoms with Gasteiger partial charge in [0.05, 0.1) is 26.4 Å². The quantitative estimate of drug-likeness (QED) is 0.802. The molecule has 0 saturated heterocycles. The van der Waals surface area contributed by atoms with Gasteiger partial charge >= 0.3 is 5.97 Å². The number of carboxylic acids is 1. The fourth-order valence-electron chi connectivity index (χ4n) is 1.92. The smallest absolute Gasteiger partial charge is 0.303 e.